The van der Waals surface area contributed by atoms with Crippen LogP contribution in [0.2, 0.25) is 0 Å². The zero-order valence-electron chi connectivity index (χ0n) is 12.8. The molecule has 1 heterocycles. The Labute approximate surface area is 120 Å². The monoisotopic (exact) mass is 270 g/mol. The number of anilines is 3. The molecule has 1 aromatic carbocycles. The second kappa shape index (κ2) is 5.49. The molecule has 0 saturated carbocycles. The molecule has 0 spiro atoms. The van der Waals surface area contributed by atoms with Crippen LogP contribution in [0, 0.1) is 13.8 Å². The number of rotatable bonds is 3. The van der Waals surface area contributed by atoms with Gasteiger partial charge in [-0.15, -0.1) is 0 Å². The van der Waals surface area contributed by atoms with Crippen molar-refractivity contribution in [3.05, 3.63) is 41.6 Å². The molecule has 0 saturated heterocycles. The first-order chi connectivity index (χ1) is 9.32. The zero-order valence-corrected chi connectivity index (χ0v) is 12.8. The minimum atomic E-state index is -0.0264. The van der Waals surface area contributed by atoms with E-state index in [9.17, 15) is 0 Å². The molecule has 0 amide bonds. The lowest BCUT2D eigenvalue weighted by atomic mass is 10.1. The Bertz CT molecular complexity index is 600. The van der Waals surface area contributed by atoms with Crippen molar-refractivity contribution in [1.82, 2.24) is 9.97 Å². The molecule has 0 radical (unpaired) electrons. The summed E-state index contributed by atoms with van der Waals surface area (Å²) in [6, 6.07) is 10.1. The largest absolute Gasteiger partial charge is 0.365 e. The summed E-state index contributed by atoms with van der Waals surface area (Å²) in [5.74, 6) is 1.45. The van der Waals surface area contributed by atoms with E-state index in [-0.39, 0.29) is 5.54 Å². The van der Waals surface area contributed by atoms with Crippen molar-refractivity contribution in [1.29, 1.82) is 0 Å². The van der Waals surface area contributed by atoms with Crippen molar-refractivity contribution in [2.75, 3.05) is 10.6 Å². The van der Waals surface area contributed by atoms with Crippen LogP contribution in [0.1, 0.15) is 32.0 Å². The lowest BCUT2D eigenvalue weighted by Crippen LogP contribution is -2.27. The van der Waals surface area contributed by atoms with Gasteiger partial charge in [0.2, 0.25) is 5.95 Å². The summed E-state index contributed by atoms with van der Waals surface area (Å²) in [4.78, 5) is 8.94. The molecule has 2 aromatic rings. The van der Waals surface area contributed by atoms with Crippen LogP contribution in [0.15, 0.2) is 30.3 Å². The molecular weight excluding hydrogens is 248 g/mol. The Kier molecular flexibility index (Phi) is 3.93. The van der Waals surface area contributed by atoms with Gasteiger partial charge in [-0.05, 0) is 52.3 Å². The molecule has 0 aliphatic carbocycles. The van der Waals surface area contributed by atoms with Gasteiger partial charge in [0.05, 0.1) is 0 Å². The number of hydrogen-bond donors (Lipinski definition) is 2. The van der Waals surface area contributed by atoms with E-state index in [0.29, 0.717) is 5.95 Å². The molecule has 2 N–H and O–H groups in total. The van der Waals surface area contributed by atoms with Gasteiger partial charge in [-0.2, -0.15) is 4.98 Å². The third kappa shape index (κ3) is 4.23. The van der Waals surface area contributed by atoms with Crippen LogP contribution in [0.3, 0.4) is 0 Å². The van der Waals surface area contributed by atoms with E-state index in [4.69, 9.17) is 0 Å². The molecule has 4 heteroatoms. The highest BCUT2D eigenvalue weighted by atomic mass is 15.2. The van der Waals surface area contributed by atoms with Crippen molar-refractivity contribution < 1.29 is 0 Å². The Morgan fingerprint density at radius 2 is 1.75 bits per heavy atom. The summed E-state index contributed by atoms with van der Waals surface area (Å²) in [5, 5.41) is 6.62. The molecule has 0 bridgehead atoms. The molecule has 0 unspecified atom stereocenters. The molecule has 106 valence electrons. The first-order valence-corrected chi connectivity index (χ1v) is 6.79. The lowest BCUT2D eigenvalue weighted by Gasteiger charge is -2.21. The minimum absolute atomic E-state index is 0.0264. The van der Waals surface area contributed by atoms with E-state index in [2.05, 4.69) is 60.4 Å². The van der Waals surface area contributed by atoms with Crippen LogP contribution in [-0.2, 0) is 0 Å². The van der Waals surface area contributed by atoms with Gasteiger partial charge in [0, 0.05) is 23.0 Å². The molecule has 0 fully saturated rings. The predicted octanol–water partition coefficient (Wildman–Crippen LogP) is 4.05. The van der Waals surface area contributed by atoms with E-state index in [1.165, 1.54) is 5.56 Å². The second-order valence-electron chi connectivity index (χ2n) is 6.09. The van der Waals surface area contributed by atoms with Crippen LogP contribution in [0.5, 0.6) is 0 Å². The Balaban J connectivity index is 2.24. The van der Waals surface area contributed by atoms with Gasteiger partial charge in [0.25, 0.3) is 0 Å². The normalized spacial score (nSPS) is 11.2. The minimum Gasteiger partial charge on any atom is -0.365 e. The highest BCUT2D eigenvalue weighted by molar-refractivity contribution is 5.56. The summed E-state index contributed by atoms with van der Waals surface area (Å²) in [6.07, 6.45) is 0. The number of benzene rings is 1. The molecule has 4 nitrogen and oxygen atoms in total. The van der Waals surface area contributed by atoms with Crippen molar-refractivity contribution in [2.24, 2.45) is 0 Å². The summed E-state index contributed by atoms with van der Waals surface area (Å²) in [7, 11) is 0. The van der Waals surface area contributed by atoms with Crippen LogP contribution in [0.25, 0.3) is 0 Å². The SMILES string of the molecule is Cc1cccc(Nc2nc(C)cc(NC(C)(C)C)n2)c1. The van der Waals surface area contributed by atoms with Crippen molar-refractivity contribution in [2.45, 2.75) is 40.2 Å². The van der Waals surface area contributed by atoms with Gasteiger partial charge in [-0.3, -0.25) is 0 Å². The predicted molar refractivity (Wildman–Crippen MR) is 84.6 cm³/mol. The molecule has 1 aromatic heterocycles. The third-order valence-electron chi connectivity index (χ3n) is 2.63. The third-order valence-corrected chi connectivity index (χ3v) is 2.63. The van der Waals surface area contributed by atoms with Crippen molar-refractivity contribution >= 4 is 17.5 Å². The maximum absolute atomic E-state index is 4.51. The van der Waals surface area contributed by atoms with E-state index in [1.807, 2.05) is 25.1 Å². The van der Waals surface area contributed by atoms with Crippen LogP contribution < -0.4 is 10.6 Å². The van der Waals surface area contributed by atoms with Gasteiger partial charge in [-0.1, -0.05) is 12.1 Å². The summed E-state index contributed by atoms with van der Waals surface area (Å²) < 4.78 is 0. The van der Waals surface area contributed by atoms with Crippen LogP contribution >= 0.6 is 0 Å². The fourth-order valence-electron chi connectivity index (χ4n) is 1.92. The number of aryl methyl sites for hydroxylation is 2. The fourth-order valence-corrected chi connectivity index (χ4v) is 1.92. The fraction of sp³-hybridized carbons (Fsp3) is 0.375. The van der Waals surface area contributed by atoms with Crippen LogP contribution in [-0.4, -0.2) is 15.5 Å². The molecule has 0 aliphatic heterocycles. The Morgan fingerprint density at radius 3 is 2.40 bits per heavy atom. The Hall–Kier alpha value is -2.10. The van der Waals surface area contributed by atoms with E-state index in [0.717, 1.165) is 17.2 Å². The second-order valence-corrected chi connectivity index (χ2v) is 6.09. The summed E-state index contributed by atoms with van der Waals surface area (Å²) in [5.41, 5.74) is 3.11. The molecular formula is C16H22N4. The smallest absolute Gasteiger partial charge is 0.229 e. The maximum Gasteiger partial charge on any atom is 0.229 e. The average Bonchev–Trinajstić information content (AvgIpc) is 2.25. The first-order valence-electron chi connectivity index (χ1n) is 6.79. The van der Waals surface area contributed by atoms with E-state index in [1.54, 1.807) is 0 Å². The van der Waals surface area contributed by atoms with E-state index >= 15 is 0 Å². The van der Waals surface area contributed by atoms with Crippen molar-refractivity contribution in [3.63, 3.8) is 0 Å². The Morgan fingerprint density at radius 1 is 1.00 bits per heavy atom. The maximum atomic E-state index is 4.51. The lowest BCUT2D eigenvalue weighted by molar-refractivity contribution is 0.630. The van der Waals surface area contributed by atoms with E-state index < -0.39 is 0 Å². The quantitative estimate of drug-likeness (QED) is 0.883. The molecule has 20 heavy (non-hydrogen) atoms. The topological polar surface area (TPSA) is 49.8 Å². The number of hydrogen-bond acceptors (Lipinski definition) is 4. The van der Waals surface area contributed by atoms with Gasteiger partial charge in [-0.25, -0.2) is 4.98 Å². The number of nitrogens with zero attached hydrogens (tertiary/aromatic N) is 2. The highest BCUT2D eigenvalue weighted by Gasteiger charge is 2.11. The van der Waals surface area contributed by atoms with Crippen molar-refractivity contribution in [3.8, 4) is 0 Å². The molecule has 0 aliphatic rings. The highest BCUT2D eigenvalue weighted by Crippen LogP contribution is 2.18. The van der Waals surface area contributed by atoms with Gasteiger partial charge in [0.15, 0.2) is 0 Å². The zero-order chi connectivity index (χ0) is 14.8. The van der Waals surface area contributed by atoms with Gasteiger partial charge >= 0.3 is 0 Å². The summed E-state index contributed by atoms with van der Waals surface area (Å²) >= 11 is 0. The average molecular weight is 270 g/mol. The molecule has 2 rings (SSSR count). The van der Waals surface area contributed by atoms with Gasteiger partial charge in [0.1, 0.15) is 5.82 Å². The number of nitrogens with one attached hydrogen (secondary N) is 2. The molecule has 0 atom stereocenters. The summed E-state index contributed by atoms with van der Waals surface area (Å²) in [6.45, 7) is 10.4. The first kappa shape index (κ1) is 14.3. The number of aromatic nitrogens is 2. The standard InChI is InChI=1S/C16H22N4/c1-11-7-6-8-13(9-11)18-15-17-12(2)10-14(19-15)20-16(3,4)5/h6-10H,1-5H3,(H2,17,18,19,20). The van der Waals surface area contributed by atoms with Crippen LogP contribution in [0.4, 0.5) is 17.5 Å². The van der Waals surface area contributed by atoms with Gasteiger partial charge < -0.3 is 10.6 Å².